The first kappa shape index (κ1) is 18.7. The fraction of sp³-hybridized carbons (Fsp3) is 0. The van der Waals surface area contributed by atoms with Crippen LogP contribution in [0.2, 0.25) is 0 Å². The fourth-order valence-electron chi connectivity index (χ4n) is 3.58. The summed E-state index contributed by atoms with van der Waals surface area (Å²) < 4.78 is 72.8. The van der Waals surface area contributed by atoms with Gasteiger partial charge in [0.25, 0.3) is 0 Å². The highest BCUT2D eigenvalue weighted by Gasteiger charge is 2.29. The number of halogens is 5. The summed E-state index contributed by atoms with van der Waals surface area (Å²) in [7, 11) is 0. The standard InChI is InChI=1S/C21H8F5N5/c22-11-6-4-10(5-7-11)19-13(9-27)31(29-28-19)20-12-3-1-2-8-30(12)21-14(20)15(23)16(24)17(25)18(21)26/h1-8H. The van der Waals surface area contributed by atoms with Crippen LogP contribution in [0.4, 0.5) is 22.0 Å². The van der Waals surface area contributed by atoms with Crippen LogP contribution in [0.1, 0.15) is 5.69 Å². The van der Waals surface area contributed by atoms with Crippen molar-refractivity contribution in [3.05, 3.63) is 83.4 Å². The minimum absolute atomic E-state index is 0.0504. The van der Waals surface area contributed by atoms with Crippen LogP contribution in [0.25, 0.3) is 33.4 Å². The molecule has 5 nitrogen and oxygen atoms in total. The lowest BCUT2D eigenvalue weighted by Gasteiger charge is -2.04. The number of hydrogen-bond acceptors (Lipinski definition) is 3. The van der Waals surface area contributed by atoms with Crippen molar-refractivity contribution >= 4 is 16.4 Å². The zero-order chi connectivity index (χ0) is 21.9. The van der Waals surface area contributed by atoms with Crippen molar-refractivity contribution in [3.8, 4) is 23.0 Å². The minimum Gasteiger partial charge on any atom is -0.312 e. The monoisotopic (exact) mass is 425 g/mol. The molecule has 0 spiro atoms. The van der Waals surface area contributed by atoms with Gasteiger partial charge >= 0.3 is 0 Å². The summed E-state index contributed by atoms with van der Waals surface area (Å²) in [6, 6.07) is 11.4. The minimum atomic E-state index is -1.99. The molecule has 0 aliphatic heterocycles. The maximum atomic E-state index is 14.9. The van der Waals surface area contributed by atoms with Crippen molar-refractivity contribution in [2.24, 2.45) is 0 Å². The molecule has 0 radical (unpaired) electrons. The van der Waals surface area contributed by atoms with Crippen molar-refractivity contribution in [1.29, 1.82) is 5.26 Å². The van der Waals surface area contributed by atoms with Gasteiger partial charge in [-0.15, -0.1) is 5.10 Å². The van der Waals surface area contributed by atoms with Gasteiger partial charge in [0.1, 0.15) is 23.3 Å². The molecule has 5 rings (SSSR count). The van der Waals surface area contributed by atoms with Crippen molar-refractivity contribution in [2.45, 2.75) is 0 Å². The van der Waals surface area contributed by atoms with Crippen LogP contribution in [0.15, 0.2) is 48.7 Å². The Morgan fingerprint density at radius 1 is 0.839 bits per heavy atom. The molecule has 0 unspecified atom stereocenters. The molecule has 0 atom stereocenters. The molecule has 0 N–H and O–H groups in total. The summed E-state index contributed by atoms with van der Waals surface area (Å²) in [5.74, 6) is -7.66. The third-order valence-corrected chi connectivity index (χ3v) is 4.93. The molecule has 0 saturated heterocycles. The topological polar surface area (TPSA) is 58.9 Å². The van der Waals surface area contributed by atoms with Gasteiger partial charge in [-0.2, -0.15) is 9.94 Å². The molecule has 3 heterocycles. The highest BCUT2D eigenvalue weighted by atomic mass is 19.2. The second-order valence-corrected chi connectivity index (χ2v) is 6.60. The summed E-state index contributed by atoms with van der Waals surface area (Å²) in [4.78, 5) is 0. The van der Waals surface area contributed by atoms with E-state index in [1.54, 1.807) is 6.07 Å². The van der Waals surface area contributed by atoms with E-state index in [4.69, 9.17) is 0 Å². The maximum Gasteiger partial charge on any atom is 0.199 e. The van der Waals surface area contributed by atoms with E-state index in [2.05, 4.69) is 10.3 Å². The van der Waals surface area contributed by atoms with E-state index in [9.17, 15) is 27.2 Å². The maximum absolute atomic E-state index is 14.9. The number of rotatable bonds is 2. The summed E-state index contributed by atoms with van der Waals surface area (Å²) in [5.41, 5.74) is -0.398. The zero-order valence-corrected chi connectivity index (χ0v) is 15.2. The molecule has 0 aliphatic carbocycles. The number of hydrogen-bond donors (Lipinski definition) is 0. The van der Waals surface area contributed by atoms with Gasteiger partial charge in [-0.1, -0.05) is 11.3 Å². The van der Waals surface area contributed by atoms with Crippen LogP contribution < -0.4 is 0 Å². The number of nitrogens with zero attached hydrogens (tertiary/aromatic N) is 5. The predicted molar refractivity (Wildman–Crippen MR) is 99.8 cm³/mol. The molecule has 0 bridgehead atoms. The van der Waals surface area contributed by atoms with Crippen LogP contribution in [0.3, 0.4) is 0 Å². The number of benzene rings is 2. The third-order valence-electron chi connectivity index (χ3n) is 4.93. The van der Waals surface area contributed by atoms with Crippen LogP contribution in [0.5, 0.6) is 0 Å². The predicted octanol–water partition coefficient (Wildman–Crippen LogP) is 4.91. The normalized spacial score (nSPS) is 11.4. The number of fused-ring (bicyclic) bond motifs is 3. The second-order valence-electron chi connectivity index (χ2n) is 6.60. The largest absolute Gasteiger partial charge is 0.312 e. The summed E-state index contributed by atoms with van der Waals surface area (Å²) in [5, 5.41) is 16.9. The van der Waals surface area contributed by atoms with Gasteiger partial charge in [0, 0.05) is 11.8 Å². The number of nitriles is 1. The lowest BCUT2D eigenvalue weighted by Crippen LogP contribution is -2.03. The van der Waals surface area contributed by atoms with E-state index < -0.39 is 40.0 Å². The Balaban J connectivity index is 1.92. The molecule has 0 fully saturated rings. The van der Waals surface area contributed by atoms with Crippen molar-refractivity contribution < 1.29 is 22.0 Å². The van der Waals surface area contributed by atoms with Gasteiger partial charge in [0.2, 0.25) is 0 Å². The molecule has 10 heteroatoms. The van der Waals surface area contributed by atoms with E-state index >= 15 is 0 Å². The molecular formula is C21H8F5N5. The Morgan fingerprint density at radius 2 is 1.55 bits per heavy atom. The van der Waals surface area contributed by atoms with E-state index in [-0.39, 0.29) is 22.6 Å². The quantitative estimate of drug-likeness (QED) is 0.230. The lowest BCUT2D eigenvalue weighted by atomic mass is 10.1. The highest BCUT2D eigenvalue weighted by Crippen LogP contribution is 2.37. The zero-order valence-electron chi connectivity index (χ0n) is 15.2. The Labute approximate surface area is 170 Å². The molecule has 31 heavy (non-hydrogen) atoms. The Kier molecular flexibility index (Phi) is 4.01. The van der Waals surface area contributed by atoms with E-state index in [1.807, 2.05) is 6.07 Å². The number of pyridine rings is 1. The molecule has 2 aromatic carbocycles. The van der Waals surface area contributed by atoms with Gasteiger partial charge in [-0.05, 0) is 36.4 Å². The molecule has 0 amide bonds. The lowest BCUT2D eigenvalue weighted by molar-refractivity contribution is 0.417. The second kappa shape index (κ2) is 6.63. The van der Waals surface area contributed by atoms with Crippen LogP contribution in [0, 0.1) is 40.4 Å². The average Bonchev–Trinajstić information content (AvgIpc) is 3.35. The Morgan fingerprint density at radius 3 is 2.26 bits per heavy atom. The number of aromatic nitrogens is 4. The average molecular weight is 425 g/mol. The van der Waals surface area contributed by atoms with Gasteiger partial charge in [0.05, 0.1) is 16.4 Å². The molecule has 0 saturated carbocycles. The Bertz CT molecular complexity index is 1540. The van der Waals surface area contributed by atoms with E-state index in [0.29, 0.717) is 5.56 Å². The SMILES string of the molecule is N#Cc1c(-c2ccc(F)cc2)nnn1-c1c2c(F)c(F)c(F)c(F)c2n2ccccc12. The van der Waals surface area contributed by atoms with Crippen molar-refractivity contribution in [3.63, 3.8) is 0 Å². The van der Waals surface area contributed by atoms with E-state index in [1.165, 1.54) is 30.5 Å². The molecular weight excluding hydrogens is 417 g/mol. The van der Waals surface area contributed by atoms with Crippen LogP contribution in [-0.4, -0.2) is 19.4 Å². The van der Waals surface area contributed by atoms with E-state index in [0.717, 1.165) is 21.2 Å². The smallest absolute Gasteiger partial charge is 0.199 e. The molecule has 3 aromatic heterocycles. The Hall–Kier alpha value is -4.26. The molecule has 152 valence electrons. The van der Waals surface area contributed by atoms with Crippen LogP contribution >= 0.6 is 0 Å². The van der Waals surface area contributed by atoms with Crippen LogP contribution in [-0.2, 0) is 0 Å². The molecule has 0 aliphatic rings. The third kappa shape index (κ3) is 2.53. The van der Waals surface area contributed by atoms with Crippen molar-refractivity contribution in [1.82, 2.24) is 19.4 Å². The fourth-order valence-corrected chi connectivity index (χ4v) is 3.58. The summed E-state index contributed by atoms with van der Waals surface area (Å²) in [6.07, 6.45) is 1.34. The van der Waals surface area contributed by atoms with Gasteiger partial charge in [-0.25, -0.2) is 22.0 Å². The first-order valence-electron chi connectivity index (χ1n) is 8.80. The highest BCUT2D eigenvalue weighted by molar-refractivity contribution is 5.99. The van der Waals surface area contributed by atoms with Gasteiger partial charge < -0.3 is 4.40 Å². The van der Waals surface area contributed by atoms with Gasteiger partial charge in [0.15, 0.2) is 29.0 Å². The first-order valence-corrected chi connectivity index (χ1v) is 8.80. The molecule has 5 aromatic rings. The van der Waals surface area contributed by atoms with Crippen molar-refractivity contribution in [2.75, 3.05) is 0 Å². The first-order chi connectivity index (χ1) is 14.9. The summed E-state index contributed by atoms with van der Waals surface area (Å²) >= 11 is 0. The summed E-state index contributed by atoms with van der Waals surface area (Å²) in [6.45, 7) is 0. The van der Waals surface area contributed by atoms with Gasteiger partial charge in [-0.3, -0.25) is 0 Å².